The Morgan fingerprint density at radius 1 is 1.03 bits per heavy atom. The third-order valence-corrected chi connectivity index (χ3v) is 6.30. The van der Waals surface area contributed by atoms with Crippen LogP contribution in [-0.2, 0) is 24.3 Å². The normalized spacial score (nSPS) is 12.8. The Labute approximate surface area is 194 Å². The smallest absolute Gasteiger partial charge is 0.223 e. The number of carbonyl (C=O) groups is 1. The van der Waals surface area contributed by atoms with E-state index in [0.29, 0.717) is 25.9 Å². The van der Waals surface area contributed by atoms with E-state index in [1.807, 2.05) is 58.4 Å². The van der Waals surface area contributed by atoms with Gasteiger partial charge in [0.1, 0.15) is 11.6 Å². The summed E-state index contributed by atoms with van der Waals surface area (Å²) in [7, 11) is 1.66. The summed E-state index contributed by atoms with van der Waals surface area (Å²) in [5.41, 5.74) is 6.69. The molecule has 0 spiro atoms. The minimum Gasteiger partial charge on any atom is -0.497 e. The highest BCUT2D eigenvalue weighted by Crippen LogP contribution is 2.32. The third-order valence-electron chi connectivity index (χ3n) is 6.30. The Morgan fingerprint density at radius 2 is 1.79 bits per heavy atom. The number of ether oxygens (including phenoxy) is 1. The summed E-state index contributed by atoms with van der Waals surface area (Å²) >= 11 is 0. The Kier molecular flexibility index (Phi) is 5.50. The van der Waals surface area contributed by atoms with Crippen LogP contribution >= 0.6 is 0 Å². The van der Waals surface area contributed by atoms with Crippen LogP contribution in [0.25, 0.3) is 11.5 Å². The van der Waals surface area contributed by atoms with Crippen LogP contribution < -0.4 is 4.74 Å². The standard InChI is InChI=1S/C27H28N4O2/c1-19-6-12-25(20(2)16-19)31-27(29-14-4-5-15-29)23-17-30(18-24(23)28-31)26(32)13-9-21-7-10-22(33-3)11-8-21/h4-8,10-12,14-16H,9,13,17-18H2,1-3H3. The van der Waals surface area contributed by atoms with Gasteiger partial charge in [0.15, 0.2) is 0 Å². The minimum absolute atomic E-state index is 0.153. The van der Waals surface area contributed by atoms with Crippen molar-refractivity contribution in [2.45, 2.75) is 39.8 Å². The van der Waals surface area contributed by atoms with Crippen LogP contribution in [0.3, 0.4) is 0 Å². The zero-order valence-corrected chi connectivity index (χ0v) is 19.3. The Hall–Kier alpha value is -3.80. The van der Waals surface area contributed by atoms with Crippen molar-refractivity contribution in [3.63, 3.8) is 0 Å². The molecule has 1 aliphatic heterocycles. The van der Waals surface area contributed by atoms with E-state index in [2.05, 4.69) is 36.6 Å². The summed E-state index contributed by atoms with van der Waals surface area (Å²) in [5.74, 6) is 1.99. The number of hydrogen-bond donors (Lipinski definition) is 0. The van der Waals surface area contributed by atoms with E-state index in [-0.39, 0.29) is 5.91 Å². The summed E-state index contributed by atoms with van der Waals surface area (Å²) in [6, 6.07) is 18.3. The molecule has 168 valence electrons. The second-order valence-corrected chi connectivity index (χ2v) is 8.64. The summed E-state index contributed by atoms with van der Waals surface area (Å²) in [6.07, 6.45) is 5.26. The van der Waals surface area contributed by atoms with E-state index >= 15 is 0 Å². The van der Waals surface area contributed by atoms with Gasteiger partial charge in [0, 0.05) is 24.4 Å². The molecule has 6 nitrogen and oxygen atoms in total. The molecule has 0 aliphatic carbocycles. The maximum Gasteiger partial charge on any atom is 0.223 e. The fourth-order valence-electron chi connectivity index (χ4n) is 4.53. The van der Waals surface area contributed by atoms with E-state index < -0.39 is 0 Å². The van der Waals surface area contributed by atoms with E-state index in [1.54, 1.807) is 7.11 Å². The topological polar surface area (TPSA) is 52.3 Å². The molecular weight excluding hydrogens is 412 g/mol. The van der Waals surface area contributed by atoms with Gasteiger partial charge in [-0.1, -0.05) is 29.8 Å². The molecule has 2 aromatic carbocycles. The van der Waals surface area contributed by atoms with Gasteiger partial charge in [-0.2, -0.15) is 5.10 Å². The molecule has 5 rings (SSSR count). The van der Waals surface area contributed by atoms with Crippen molar-refractivity contribution in [1.29, 1.82) is 0 Å². The van der Waals surface area contributed by atoms with Gasteiger partial charge in [-0.05, 0) is 61.7 Å². The van der Waals surface area contributed by atoms with E-state index in [1.165, 1.54) is 11.1 Å². The monoisotopic (exact) mass is 440 g/mol. The Morgan fingerprint density at radius 3 is 2.48 bits per heavy atom. The molecular formula is C27H28N4O2. The van der Waals surface area contributed by atoms with Gasteiger partial charge in [0.2, 0.25) is 5.91 Å². The lowest BCUT2D eigenvalue weighted by Crippen LogP contribution is -2.26. The van der Waals surface area contributed by atoms with Crippen molar-refractivity contribution in [2.75, 3.05) is 7.11 Å². The zero-order valence-electron chi connectivity index (χ0n) is 19.3. The van der Waals surface area contributed by atoms with Crippen molar-refractivity contribution in [1.82, 2.24) is 19.2 Å². The van der Waals surface area contributed by atoms with Crippen LogP contribution in [0.15, 0.2) is 67.0 Å². The lowest BCUT2D eigenvalue weighted by atomic mass is 10.1. The lowest BCUT2D eigenvalue weighted by Gasteiger charge is -2.18. The molecule has 1 amide bonds. The van der Waals surface area contributed by atoms with Gasteiger partial charge in [-0.25, -0.2) is 4.68 Å². The molecule has 0 radical (unpaired) electrons. The highest BCUT2D eigenvalue weighted by atomic mass is 16.5. The molecule has 0 saturated heterocycles. The van der Waals surface area contributed by atoms with Crippen LogP contribution in [0.4, 0.5) is 0 Å². The largest absolute Gasteiger partial charge is 0.497 e. The van der Waals surface area contributed by atoms with Gasteiger partial charge < -0.3 is 14.2 Å². The molecule has 0 N–H and O–H groups in total. The highest BCUT2D eigenvalue weighted by Gasteiger charge is 2.31. The Bertz CT molecular complexity index is 1290. The number of hydrogen-bond acceptors (Lipinski definition) is 3. The number of nitrogens with zero attached hydrogens (tertiary/aromatic N) is 4. The molecule has 0 atom stereocenters. The number of aromatic nitrogens is 3. The van der Waals surface area contributed by atoms with Crippen LogP contribution in [0.5, 0.6) is 5.75 Å². The van der Waals surface area contributed by atoms with E-state index in [4.69, 9.17) is 9.84 Å². The molecule has 0 saturated carbocycles. The van der Waals surface area contributed by atoms with Crippen LogP contribution in [0, 0.1) is 13.8 Å². The van der Waals surface area contributed by atoms with E-state index in [0.717, 1.165) is 34.1 Å². The van der Waals surface area contributed by atoms with Crippen molar-refractivity contribution >= 4 is 5.91 Å². The molecule has 3 heterocycles. The van der Waals surface area contributed by atoms with Crippen LogP contribution in [0.2, 0.25) is 0 Å². The third kappa shape index (κ3) is 4.04. The minimum atomic E-state index is 0.153. The first-order valence-corrected chi connectivity index (χ1v) is 11.3. The predicted molar refractivity (Wildman–Crippen MR) is 128 cm³/mol. The number of fused-ring (bicyclic) bond motifs is 1. The summed E-state index contributed by atoms with van der Waals surface area (Å²) in [5, 5.41) is 4.97. The number of amides is 1. The molecule has 6 heteroatoms. The van der Waals surface area contributed by atoms with Gasteiger partial charge in [-0.3, -0.25) is 4.79 Å². The van der Waals surface area contributed by atoms with Crippen LogP contribution in [-0.4, -0.2) is 32.3 Å². The SMILES string of the molecule is COc1ccc(CCC(=O)N2Cc3nn(-c4ccc(C)cc4C)c(-n4cccc4)c3C2)cc1. The fourth-order valence-corrected chi connectivity index (χ4v) is 4.53. The molecule has 33 heavy (non-hydrogen) atoms. The van der Waals surface area contributed by atoms with Crippen molar-refractivity contribution < 1.29 is 9.53 Å². The number of carbonyl (C=O) groups excluding carboxylic acids is 1. The molecule has 0 unspecified atom stereocenters. The number of aryl methyl sites for hydroxylation is 3. The first-order chi connectivity index (χ1) is 16.0. The second kappa shape index (κ2) is 8.62. The van der Waals surface area contributed by atoms with Crippen molar-refractivity contribution in [2.24, 2.45) is 0 Å². The summed E-state index contributed by atoms with van der Waals surface area (Å²) in [6.45, 7) is 5.34. The molecule has 0 bridgehead atoms. The number of benzene rings is 2. The first kappa shape index (κ1) is 21.1. The van der Waals surface area contributed by atoms with Crippen molar-refractivity contribution in [3.8, 4) is 17.3 Å². The van der Waals surface area contributed by atoms with Gasteiger partial charge >= 0.3 is 0 Å². The zero-order chi connectivity index (χ0) is 22.9. The fraction of sp³-hybridized carbons (Fsp3) is 0.259. The number of rotatable bonds is 6. The van der Waals surface area contributed by atoms with Gasteiger partial charge in [0.25, 0.3) is 0 Å². The van der Waals surface area contributed by atoms with Gasteiger partial charge in [0.05, 0.1) is 31.6 Å². The molecule has 4 aromatic rings. The lowest BCUT2D eigenvalue weighted by molar-refractivity contribution is -0.131. The van der Waals surface area contributed by atoms with Gasteiger partial charge in [-0.15, -0.1) is 0 Å². The average molecular weight is 441 g/mol. The maximum absolute atomic E-state index is 13.0. The van der Waals surface area contributed by atoms with Crippen molar-refractivity contribution in [3.05, 3.63) is 94.9 Å². The summed E-state index contributed by atoms with van der Waals surface area (Å²) in [4.78, 5) is 14.9. The molecule has 0 fully saturated rings. The maximum atomic E-state index is 13.0. The summed E-state index contributed by atoms with van der Waals surface area (Å²) < 4.78 is 9.33. The van der Waals surface area contributed by atoms with Crippen LogP contribution in [0.1, 0.15) is 34.4 Å². The quantitative estimate of drug-likeness (QED) is 0.434. The first-order valence-electron chi connectivity index (χ1n) is 11.3. The highest BCUT2D eigenvalue weighted by molar-refractivity contribution is 5.77. The number of methoxy groups -OCH3 is 1. The predicted octanol–water partition coefficient (Wildman–Crippen LogP) is 4.76. The molecule has 1 aliphatic rings. The average Bonchev–Trinajstić information content (AvgIpc) is 3.54. The Balaban J connectivity index is 1.38. The van der Waals surface area contributed by atoms with E-state index in [9.17, 15) is 4.79 Å². The second-order valence-electron chi connectivity index (χ2n) is 8.64. The molecule has 2 aromatic heterocycles.